The maximum Gasteiger partial charge on any atom is 0.277 e. The number of aromatic amines is 1. The molecule has 1 aliphatic heterocycles. The third kappa shape index (κ3) is 2.21. The van der Waals surface area contributed by atoms with Crippen LogP contribution in [0.5, 0.6) is 5.75 Å². The summed E-state index contributed by atoms with van der Waals surface area (Å²) in [5.74, 6) is 1.37. The standard InChI is InChI=1S/C18H20N4O2/c1-4-6-13-14-15(22(3)21-13)18(23)20-17(19-14)12-8-5-7-11-9-10(2)24-16(11)12/h5,7-8,10H,4,6,9H2,1-3H3,(H,19,20,23)/t10-/m1/s1. The van der Waals surface area contributed by atoms with E-state index in [1.54, 1.807) is 11.7 Å². The lowest BCUT2D eigenvalue weighted by Crippen LogP contribution is -2.12. The molecule has 0 saturated heterocycles. The molecule has 124 valence electrons. The summed E-state index contributed by atoms with van der Waals surface area (Å²) in [5, 5.41) is 4.46. The predicted octanol–water partition coefficient (Wildman–Crippen LogP) is 2.60. The number of aryl methyl sites for hydroxylation is 2. The van der Waals surface area contributed by atoms with Crippen LogP contribution in [-0.4, -0.2) is 25.9 Å². The van der Waals surface area contributed by atoms with E-state index in [0.717, 1.165) is 41.8 Å². The lowest BCUT2D eigenvalue weighted by Gasteiger charge is -2.09. The lowest BCUT2D eigenvalue weighted by molar-refractivity contribution is 0.255. The summed E-state index contributed by atoms with van der Waals surface area (Å²) >= 11 is 0. The van der Waals surface area contributed by atoms with Gasteiger partial charge in [0.15, 0.2) is 5.52 Å². The van der Waals surface area contributed by atoms with Gasteiger partial charge in [0, 0.05) is 13.5 Å². The number of hydrogen-bond donors (Lipinski definition) is 1. The molecule has 1 aromatic carbocycles. The number of rotatable bonds is 3. The normalized spacial score (nSPS) is 16.4. The van der Waals surface area contributed by atoms with Crippen LogP contribution in [0.3, 0.4) is 0 Å². The van der Waals surface area contributed by atoms with Crippen LogP contribution in [-0.2, 0) is 19.9 Å². The van der Waals surface area contributed by atoms with E-state index < -0.39 is 0 Å². The van der Waals surface area contributed by atoms with Gasteiger partial charge in [-0.05, 0) is 25.0 Å². The van der Waals surface area contributed by atoms with Gasteiger partial charge in [-0.1, -0.05) is 25.5 Å². The predicted molar refractivity (Wildman–Crippen MR) is 92.4 cm³/mol. The fraction of sp³-hybridized carbons (Fsp3) is 0.389. The third-order valence-corrected chi connectivity index (χ3v) is 4.43. The zero-order valence-electron chi connectivity index (χ0n) is 14.1. The van der Waals surface area contributed by atoms with E-state index in [0.29, 0.717) is 16.9 Å². The number of benzene rings is 1. The molecule has 0 unspecified atom stereocenters. The minimum Gasteiger partial charge on any atom is -0.489 e. The van der Waals surface area contributed by atoms with Gasteiger partial charge in [0.2, 0.25) is 0 Å². The van der Waals surface area contributed by atoms with Crippen LogP contribution in [0.25, 0.3) is 22.4 Å². The smallest absolute Gasteiger partial charge is 0.277 e. The van der Waals surface area contributed by atoms with Crippen LogP contribution in [0.4, 0.5) is 0 Å². The van der Waals surface area contributed by atoms with Crippen molar-refractivity contribution in [1.82, 2.24) is 19.7 Å². The van der Waals surface area contributed by atoms with Gasteiger partial charge in [0.25, 0.3) is 5.56 Å². The Kier molecular flexibility index (Phi) is 3.40. The van der Waals surface area contributed by atoms with Crippen LogP contribution >= 0.6 is 0 Å². The fourth-order valence-corrected chi connectivity index (χ4v) is 3.40. The van der Waals surface area contributed by atoms with Gasteiger partial charge in [0.1, 0.15) is 23.2 Å². The maximum atomic E-state index is 12.6. The van der Waals surface area contributed by atoms with Crippen molar-refractivity contribution in [3.63, 3.8) is 0 Å². The van der Waals surface area contributed by atoms with Crippen molar-refractivity contribution in [2.45, 2.75) is 39.2 Å². The first-order chi connectivity index (χ1) is 11.6. The molecule has 1 atom stereocenters. The van der Waals surface area contributed by atoms with Crippen LogP contribution in [0.15, 0.2) is 23.0 Å². The van der Waals surface area contributed by atoms with Gasteiger partial charge in [-0.15, -0.1) is 0 Å². The Hall–Kier alpha value is -2.63. The van der Waals surface area contributed by atoms with Crippen molar-refractivity contribution in [3.05, 3.63) is 39.8 Å². The number of fused-ring (bicyclic) bond motifs is 2. The van der Waals surface area contributed by atoms with Gasteiger partial charge in [0.05, 0.1) is 11.3 Å². The van der Waals surface area contributed by atoms with Gasteiger partial charge in [-0.3, -0.25) is 9.48 Å². The SMILES string of the molecule is CCCc1nn(C)c2c(=O)[nH]c(-c3cccc4c3O[C@H](C)C4)nc12. The summed E-state index contributed by atoms with van der Waals surface area (Å²) in [4.78, 5) is 20.2. The zero-order valence-corrected chi connectivity index (χ0v) is 14.1. The van der Waals surface area contributed by atoms with E-state index in [1.807, 2.05) is 19.1 Å². The second-order valence-corrected chi connectivity index (χ2v) is 6.36. The van der Waals surface area contributed by atoms with E-state index in [-0.39, 0.29) is 11.7 Å². The molecule has 2 aromatic heterocycles. The van der Waals surface area contributed by atoms with E-state index in [1.165, 1.54) is 0 Å². The maximum absolute atomic E-state index is 12.6. The number of aromatic nitrogens is 4. The number of nitrogens with one attached hydrogen (secondary N) is 1. The van der Waals surface area contributed by atoms with E-state index in [4.69, 9.17) is 9.72 Å². The summed E-state index contributed by atoms with van der Waals surface area (Å²) in [6.07, 6.45) is 2.78. The molecule has 0 aliphatic carbocycles. The Morgan fingerprint density at radius 2 is 2.25 bits per heavy atom. The van der Waals surface area contributed by atoms with Crippen molar-refractivity contribution >= 4 is 11.0 Å². The highest BCUT2D eigenvalue weighted by Gasteiger charge is 2.24. The van der Waals surface area contributed by atoms with Crippen LogP contribution in [0, 0.1) is 0 Å². The molecular formula is C18H20N4O2. The average molecular weight is 324 g/mol. The summed E-state index contributed by atoms with van der Waals surface area (Å²) in [5.41, 5.74) is 3.89. The molecule has 3 aromatic rings. The second kappa shape index (κ2) is 5.47. The Bertz CT molecular complexity index is 987. The molecule has 6 heteroatoms. The number of para-hydroxylation sites is 1. The highest BCUT2D eigenvalue weighted by Crippen LogP contribution is 2.37. The second-order valence-electron chi connectivity index (χ2n) is 6.36. The molecule has 0 fully saturated rings. The average Bonchev–Trinajstić information content (AvgIpc) is 3.07. The first-order valence-corrected chi connectivity index (χ1v) is 8.33. The molecule has 0 saturated carbocycles. The van der Waals surface area contributed by atoms with Gasteiger partial charge < -0.3 is 9.72 Å². The fourth-order valence-electron chi connectivity index (χ4n) is 3.40. The Morgan fingerprint density at radius 1 is 1.42 bits per heavy atom. The number of nitrogens with zero attached hydrogens (tertiary/aromatic N) is 3. The van der Waals surface area contributed by atoms with Crippen molar-refractivity contribution in [2.24, 2.45) is 7.05 Å². The largest absolute Gasteiger partial charge is 0.489 e. The van der Waals surface area contributed by atoms with Crippen LogP contribution in [0.1, 0.15) is 31.5 Å². The minimum absolute atomic E-state index is 0.144. The molecule has 4 rings (SSSR count). The zero-order chi connectivity index (χ0) is 16.8. The highest BCUT2D eigenvalue weighted by molar-refractivity contribution is 5.80. The third-order valence-electron chi connectivity index (χ3n) is 4.43. The van der Waals surface area contributed by atoms with Gasteiger partial charge >= 0.3 is 0 Å². The molecule has 0 bridgehead atoms. The van der Waals surface area contributed by atoms with Crippen LogP contribution < -0.4 is 10.3 Å². The molecule has 6 nitrogen and oxygen atoms in total. The highest BCUT2D eigenvalue weighted by atomic mass is 16.5. The first-order valence-electron chi connectivity index (χ1n) is 8.33. The monoisotopic (exact) mass is 324 g/mol. The molecule has 1 N–H and O–H groups in total. The van der Waals surface area contributed by atoms with Crippen molar-refractivity contribution in [1.29, 1.82) is 0 Å². The van der Waals surface area contributed by atoms with E-state index in [9.17, 15) is 4.79 Å². The number of H-pyrrole nitrogens is 1. The number of hydrogen-bond acceptors (Lipinski definition) is 4. The van der Waals surface area contributed by atoms with E-state index >= 15 is 0 Å². The number of ether oxygens (including phenoxy) is 1. The Balaban J connectivity index is 1.95. The molecule has 0 spiro atoms. The topological polar surface area (TPSA) is 72.8 Å². The molecule has 24 heavy (non-hydrogen) atoms. The van der Waals surface area contributed by atoms with E-state index in [2.05, 4.69) is 23.1 Å². The molecule has 1 aliphatic rings. The minimum atomic E-state index is -0.170. The Morgan fingerprint density at radius 3 is 3.04 bits per heavy atom. The summed E-state index contributed by atoms with van der Waals surface area (Å²) < 4.78 is 7.56. The molecular weight excluding hydrogens is 304 g/mol. The quantitative estimate of drug-likeness (QED) is 0.804. The first kappa shape index (κ1) is 14.9. The summed E-state index contributed by atoms with van der Waals surface area (Å²) in [6.45, 7) is 4.14. The van der Waals surface area contributed by atoms with Gasteiger partial charge in [-0.25, -0.2) is 4.98 Å². The van der Waals surface area contributed by atoms with Crippen molar-refractivity contribution < 1.29 is 4.74 Å². The lowest BCUT2D eigenvalue weighted by atomic mass is 10.1. The molecule has 0 radical (unpaired) electrons. The van der Waals surface area contributed by atoms with Crippen molar-refractivity contribution in [2.75, 3.05) is 0 Å². The van der Waals surface area contributed by atoms with Crippen molar-refractivity contribution in [3.8, 4) is 17.1 Å². The van der Waals surface area contributed by atoms with Gasteiger partial charge in [-0.2, -0.15) is 5.10 Å². The summed E-state index contributed by atoms with van der Waals surface area (Å²) in [6, 6.07) is 5.98. The Labute approximate surface area is 139 Å². The molecule has 3 heterocycles. The summed E-state index contributed by atoms with van der Waals surface area (Å²) in [7, 11) is 1.78. The van der Waals surface area contributed by atoms with Crippen LogP contribution in [0.2, 0.25) is 0 Å². The molecule has 0 amide bonds.